The quantitative estimate of drug-likeness (QED) is 0.863. The average molecular weight is 301 g/mol. The second-order valence-corrected chi connectivity index (χ2v) is 4.75. The zero-order valence-corrected chi connectivity index (χ0v) is 11.7. The molecule has 0 amide bonds. The lowest BCUT2D eigenvalue weighted by molar-refractivity contribution is -0.274. The minimum atomic E-state index is -4.67. The van der Waals surface area contributed by atoms with Crippen LogP contribution in [0, 0.1) is 0 Å². The molecule has 1 unspecified atom stereocenters. The number of rotatable bonds is 6. The Bertz CT molecular complexity index is 483. The molecule has 1 aromatic rings. The van der Waals surface area contributed by atoms with Crippen molar-refractivity contribution in [3.05, 3.63) is 41.7 Å². The Morgan fingerprint density at radius 2 is 2.00 bits per heavy atom. The zero-order chi connectivity index (χ0) is 15.3. The number of hydrogen-bond donors (Lipinski definition) is 1. The topological polar surface area (TPSA) is 30.5 Å². The first-order valence-corrected chi connectivity index (χ1v) is 6.91. The summed E-state index contributed by atoms with van der Waals surface area (Å²) in [6.45, 7) is 3.50. The van der Waals surface area contributed by atoms with E-state index in [2.05, 4.69) is 10.1 Å². The zero-order valence-electron chi connectivity index (χ0n) is 11.7. The third-order valence-electron chi connectivity index (χ3n) is 3.06. The average Bonchev–Trinajstić information content (AvgIpc) is 2.93. The highest BCUT2D eigenvalue weighted by molar-refractivity contribution is 5.33. The van der Waals surface area contributed by atoms with Crippen molar-refractivity contribution in [2.45, 2.75) is 32.2 Å². The largest absolute Gasteiger partial charge is 0.573 e. The molecule has 116 valence electrons. The van der Waals surface area contributed by atoms with Gasteiger partial charge in [-0.15, -0.1) is 13.2 Å². The SMILES string of the molecule is CCCNC(C1=CCCO1)c1ccc(OC(F)(F)F)cc1. The molecular weight excluding hydrogens is 283 g/mol. The summed E-state index contributed by atoms with van der Waals surface area (Å²) < 4.78 is 45.9. The number of nitrogens with one attached hydrogen (secondary N) is 1. The molecule has 0 radical (unpaired) electrons. The van der Waals surface area contributed by atoms with Gasteiger partial charge in [0.05, 0.1) is 12.6 Å². The molecule has 6 heteroatoms. The van der Waals surface area contributed by atoms with Crippen molar-refractivity contribution in [3.8, 4) is 5.75 Å². The molecule has 0 aromatic heterocycles. The molecule has 0 spiro atoms. The first-order chi connectivity index (χ1) is 9.99. The van der Waals surface area contributed by atoms with Crippen LogP contribution in [0.15, 0.2) is 36.1 Å². The van der Waals surface area contributed by atoms with Gasteiger partial charge in [-0.25, -0.2) is 0 Å². The van der Waals surface area contributed by atoms with Crippen molar-refractivity contribution in [2.24, 2.45) is 0 Å². The monoisotopic (exact) mass is 301 g/mol. The molecule has 0 saturated carbocycles. The first kappa shape index (κ1) is 15.7. The predicted molar refractivity (Wildman–Crippen MR) is 72.8 cm³/mol. The molecule has 2 rings (SSSR count). The minimum absolute atomic E-state index is 0.132. The van der Waals surface area contributed by atoms with Crippen molar-refractivity contribution in [3.63, 3.8) is 0 Å². The summed E-state index contributed by atoms with van der Waals surface area (Å²) in [4.78, 5) is 0. The van der Waals surface area contributed by atoms with Crippen molar-refractivity contribution < 1.29 is 22.6 Å². The van der Waals surface area contributed by atoms with E-state index in [4.69, 9.17) is 4.74 Å². The van der Waals surface area contributed by atoms with E-state index in [-0.39, 0.29) is 11.8 Å². The molecule has 1 aliphatic rings. The summed E-state index contributed by atoms with van der Waals surface area (Å²) in [6, 6.07) is 5.75. The fourth-order valence-electron chi connectivity index (χ4n) is 2.17. The molecule has 1 heterocycles. The van der Waals surface area contributed by atoms with Gasteiger partial charge in [0.15, 0.2) is 0 Å². The fourth-order valence-corrected chi connectivity index (χ4v) is 2.17. The fraction of sp³-hybridized carbons (Fsp3) is 0.467. The van der Waals surface area contributed by atoms with Crippen LogP contribution >= 0.6 is 0 Å². The van der Waals surface area contributed by atoms with Gasteiger partial charge < -0.3 is 14.8 Å². The van der Waals surface area contributed by atoms with Crippen LogP contribution < -0.4 is 10.1 Å². The van der Waals surface area contributed by atoms with Gasteiger partial charge in [0.2, 0.25) is 0 Å². The maximum absolute atomic E-state index is 12.1. The summed E-state index contributed by atoms with van der Waals surface area (Å²) in [7, 11) is 0. The molecule has 3 nitrogen and oxygen atoms in total. The maximum Gasteiger partial charge on any atom is 0.573 e. The Balaban J connectivity index is 2.12. The van der Waals surface area contributed by atoms with Crippen LogP contribution in [0.5, 0.6) is 5.75 Å². The van der Waals surface area contributed by atoms with E-state index < -0.39 is 6.36 Å². The Hall–Kier alpha value is -1.69. The van der Waals surface area contributed by atoms with Crippen LogP contribution in [0.1, 0.15) is 31.4 Å². The second-order valence-electron chi connectivity index (χ2n) is 4.75. The Morgan fingerprint density at radius 1 is 1.29 bits per heavy atom. The van der Waals surface area contributed by atoms with Crippen LogP contribution in [-0.2, 0) is 4.74 Å². The smallest absolute Gasteiger partial charge is 0.496 e. The summed E-state index contributed by atoms with van der Waals surface area (Å²) in [5.74, 6) is 0.606. The second kappa shape index (κ2) is 6.85. The van der Waals surface area contributed by atoms with Gasteiger partial charge in [-0.3, -0.25) is 0 Å². The molecule has 1 aromatic carbocycles. The van der Waals surface area contributed by atoms with Crippen LogP contribution in [0.4, 0.5) is 13.2 Å². The molecule has 0 saturated heterocycles. The summed E-state index contributed by atoms with van der Waals surface area (Å²) in [5, 5.41) is 3.34. The molecule has 1 aliphatic heterocycles. The predicted octanol–water partition coefficient (Wildman–Crippen LogP) is 3.93. The van der Waals surface area contributed by atoms with Gasteiger partial charge in [-0.1, -0.05) is 19.1 Å². The summed E-state index contributed by atoms with van der Waals surface area (Å²) in [6.07, 6.45) is -0.847. The number of benzene rings is 1. The minimum Gasteiger partial charge on any atom is -0.496 e. The third-order valence-corrected chi connectivity index (χ3v) is 3.06. The third kappa shape index (κ3) is 4.67. The van der Waals surface area contributed by atoms with Crippen molar-refractivity contribution in [1.82, 2.24) is 5.32 Å². The van der Waals surface area contributed by atoms with Gasteiger partial charge in [-0.2, -0.15) is 0 Å². The molecule has 1 N–H and O–H groups in total. The van der Waals surface area contributed by atoms with E-state index in [9.17, 15) is 13.2 Å². The van der Waals surface area contributed by atoms with Gasteiger partial charge >= 0.3 is 6.36 Å². The van der Waals surface area contributed by atoms with E-state index in [1.54, 1.807) is 12.1 Å². The lowest BCUT2D eigenvalue weighted by Gasteiger charge is -2.20. The lowest BCUT2D eigenvalue weighted by Crippen LogP contribution is -2.24. The summed E-state index contributed by atoms with van der Waals surface area (Å²) >= 11 is 0. The Morgan fingerprint density at radius 3 is 2.52 bits per heavy atom. The molecule has 0 fully saturated rings. The van der Waals surface area contributed by atoms with Crippen molar-refractivity contribution in [2.75, 3.05) is 13.2 Å². The highest BCUT2D eigenvalue weighted by atomic mass is 19.4. The standard InChI is InChI=1S/C15H18F3NO2/c1-2-9-19-14(13-4-3-10-20-13)11-5-7-12(8-6-11)21-15(16,17)18/h4-8,14,19H,2-3,9-10H2,1H3. The van der Waals surface area contributed by atoms with Crippen molar-refractivity contribution >= 4 is 0 Å². The Kier molecular flexibility index (Phi) is 5.12. The van der Waals surface area contributed by atoms with Gasteiger partial charge in [0, 0.05) is 6.42 Å². The first-order valence-electron chi connectivity index (χ1n) is 6.91. The molecular formula is C15H18F3NO2. The van der Waals surface area contributed by atoms with Crippen LogP contribution in [0.2, 0.25) is 0 Å². The highest BCUT2D eigenvalue weighted by Crippen LogP contribution is 2.29. The van der Waals surface area contributed by atoms with E-state index in [0.717, 1.165) is 30.7 Å². The van der Waals surface area contributed by atoms with E-state index in [1.807, 2.05) is 13.0 Å². The number of hydrogen-bond acceptors (Lipinski definition) is 3. The molecule has 0 aliphatic carbocycles. The van der Waals surface area contributed by atoms with E-state index in [1.165, 1.54) is 12.1 Å². The molecule has 1 atom stereocenters. The van der Waals surface area contributed by atoms with Gasteiger partial charge in [0.25, 0.3) is 0 Å². The molecule has 21 heavy (non-hydrogen) atoms. The van der Waals surface area contributed by atoms with E-state index >= 15 is 0 Å². The van der Waals surface area contributed by atoms with Gasteiger partial charge in [0.1, 0.15) is 11.5 Å². The lowest BCUT2D eigenvalue weighted by atomic mass is 10.0. The molecule has 0 bridgehead atoms. The summed E-state index contributed by atoms with van der Waals surface area (Å²) in [5.41, 5.74) is 0.853. The van der Waals surface area contributed by atoms with Crippen LogP contribution in [0.25, 0.3) is 0 Å². The number of ether oxygens (including phenoxy) is 2. The van der Waals surface area contributed by atoms with Crippen LogP contribution in [0.3, 0.4) is 0 Å². The normalized spacial score (nSPS) is 16.3. The number of alkyl halides is 3. The maximum atomic E-state index is 12.1. The van der Waals surface area contributed by atoms with Crippen molar-refractivity contribution in [1.29, 1.82) is 0 Å². The van der Waals surface area contributed by atoms with E-state index in [0.29, 0.717) is 6.61 Å². The number of halogens is 3. The van der Waals surface area contributed by atoms with Crippen LogP contribution in [-0.4, -0.2) is 19.5 Å². The van der Waals surface area contributed by atoms with Gasteiger partial charge in [-0.05, 0) is 36.7 Å². The highest BCUT2D eigenvalue weighted by Gasteiger charge is 2.31. The Labute approximate surface area is 121 Å².